The first kappa shape index (κ1) is 25.3. The Labute approximate surface area is 174 Å². The molecule has 2 unspecified atom stereocenters. The fraction of sp³-hybridized carbons (Fsp3) is 0.800. The van der Waals surface area contributed by atoms with Gasteiger partial charge in [0, 0.05) is 6.54 Å². The summed E-state index contributed by atoms with van der Waals surface area (Å²) in [5, 5.41) is -0.0917. The normalized spacial score (nSPS) is 20.6. The number of carbonyl (C=O) groups is 4. The molecule has 0 saturated carbocycles. The van der Waals surface area contributed by atoms with Gasteiger partial charge in [0.2, 0.25) is 0 Å². The second kappa shape index (κ2) is 8.95. The van der Waals surface area contributed by atoms with Gasteiger partial charge in [-0.2, -0.15) is 0 Å². The number of ketones is 2. The lowest BCUT2D eigenvalue weighted by molar-refractivity contribution is -0.156. The van der Waals surface area contributed by atoms with E-state index >= 15 is 0 Å². The van der Waals surface area contributed by atoms with E-state index in [-0.39, 0.29) is 24.8 Å². The highest BCUT2D eigenvalue weighted by Gasteiger charge is 2.50. The number of Topliss-reactive ketones (excluding diaryl/α,β-unsaturated/α-hetero) is 2. The molecular weight excluding hydrogens is 394 g/mol. The van der Waals surface area contributed by atoms with Crippen molar-refractivity contribution in [2.24, 2.45) is 5.92 Å². The highest BCUT2D eigenvalue weighted by atomic mass is 28.4. The first-order valence-electron chi connectivity index (χ1n) is 9.90. The first-order valence-corrected chi connectivity index (χ1v) is 12.8. The Kier molecular flexibility index (Phi) is 7.81. The van der Waals surface area contributed by atoms with Gasteiger partial charge in [-0.1, -0.05) is 20.8 Å². The number of ether oxygens (including phenoxy) is 2. The number of rotatable bonds is 6. The Balaban J connectivity index is 3.11. The SMILES string of the molecule is CCOC(=O)C(=O)C1CN(C(=O)OC(C)(C)C)C(CO[Si](C)(C)C(C)(C)C)C1=O. The number of esters is 1. The van der Waals surface area contributed by atoms with E-state index in [1.165, 1.54) is 4.90 Å². The zero-order chi connectivity index (χ0) is 22.8. The molecule has 2 atom stereocenters. The van der Waals surface area contributed by atoms with E-state index in [9.17, 15) is 19.2 Å². The molecule has 1 heterocycles. The van der Waals surface area contributed by atoms with Gasteiger partial charge in [-0.15, -0.1) is 0 Å². The molecule has 0 bridgehead atoms. The van der Waals surface area contributed by atoms with Crippen LogP contribution in [-0.4, -0.2) is 68.2 Å². The Bertz CT molecular complexity index is 661. The van der Waals surface area contributed by atoms with Gasteiger partial charge in [-0.05, 0) is 45.8 Å². The highest BCUT2D eigenvalue weighted by Crippen LogP contribution is 2.37. The van der Waals surface area contributed by atoms with Crippen LogP contribution in [0.1, 0.15) is 48.5 Å². The van der Waals surface area contributed by atoms with Crippen LogP contribution >= 0.6 is 0 Å². The van der Waals surface area contributed by atoms with Crippen LogP contribution in [0.2, 0.25) is 18.1 Å². The third-order valence-electron chi connectivity index (χ3n) is 5.26. The van der Waals surface area contributed by atoms with E-state index in [2.05, 4.69) is 20.8 Å². The fourth-order valence-electron chi connectivity index (χ4n) is 2.55. The van der Waals surface area contributed by atoms with E-state index < -0.39 is 49.5 Å². The maximum Gasteiger partial charge on any atom is 0.411 e. The quantitative estimate of drug-likeness (QED) is 0.277. The summed E-state index contributed by atoms with van der Waals surface area (Å²) in [7, 11) is -2.20. The van der Waals surface area contributed by atoms with Crippen molar-refractivity contribution in [2.45, 2.75) is 78.2 Å². The number of hydrogen-bond donors (Lipinski definition) is 0. The topological polar surface area (TPSA) is 99.2 Å². The average molecular weight is 430 g/mol. The molecule has 1 aliphatic rings. The standard InChI is InChI=1S/C20H35NO7Si/c1-10-26-17(24)16(23)13-11-21(18(25)28-19(2,3)4)14(15(13)22)12-27-29(8,9)20(5,6)7/h13-14H,10-12H2,1-9H3. The van der Waals surface area contributed by atoms with Crippen molar-refractivity contribution in [1.82, 2.24) is 4.90 Å². The molecule has 0 N–H and O–H groups in total. The number of likely N-dealkylation sites (tertiary alicyclic amines) is 1. The lowest BCUT2D eigenvalue weighted by Gasteiger charge is -2.37. The van der Waals surface area contributed by atoms with Gasteiger partial charge in [-0.3, -0.25) is 14.5 Å². The van der Waals surface area contributed by atoms with E-state index in [0.717, 1.165) is 0 Å². The Morgan fingerprint density at radius 3 is 2.10 bits per heavy atom. The molecule has 0 radical (unpaired) electrons. The molecule has 1 rings (SSSR count). The molecule has 8 nitrogen and oxygen atoms in total. The monoisotopic (exact) mass is 429 g/mol. The number of nitrogens with zero attached hydrogens (tertiary/aromatic N) is 1. The van der Waals surface area contributed by atoms with Crippen LogP contribution in [-0.2, 0) is 28.3 Å². The van der Waals surface area contributed by atoms with Crippen molar-refractivity contribution in [3.63, 3.8) is 0 Å². The van der Waals surface area contributed by atoms with Gasteiger partial charge >= 0.3 is 12.1 Å². The summed E-state index contributed by atoms with van der Waals surface area (Å²) in [6, 6.07) is -0.984. The minimum atomic E-state index is -2.20. The van der Waals surface area contributed by atoms with Gasteiger partial charge in [0.15, 0.2) is 14.1 Å². The van der Waals surface area contributed by atoms with E-state index in [4.69, 9.17) is 13.9 Å². The Morgan fingerprint density at radius 1 is 1.10 bits per heavy atom. The fourth-order valence-corrected chi connectivity index (χ4v) is 3.56. The molecule has 29 heavy (non-hydrogen) atoms. The van der Waals surface area contributed by atoms with Crippen molar-refractivity contribution < 1.29 is 33.1 Å². The lowest BCUT2D eigenvalue weighted by Crippen LogP contribution is -2.48. The van der Waals surface area contributed by atoms with E-state index in [1.807, 2.05) is 13.1 Å². The van der Waals surface area contributed by atoms with Gasteiger partial charge < -0.3 is 13.9 Å². The Hall–Kier alpha value is -1.74. The highest BCUT2D eigenvalue weighted by molar-refractivity contribution is 6.74. The van der Waals surface area contributed by atoms with Crippen molar-refractivity contribution in [1.29, 1.82) is 0 Å². The number of carbonyl (C=O) groups excluding carboxylic acids is 4. The van der Waals surface area contributed by atoms with Crippen LogP contribution in [0.5, 0.6) is 0 Å². The molecule has 0 aromatic carbocycles. The van der Waals surface area contributed by atoms with Gasteiger partial charge in [0.1, 0.15) is 17.6 Å². The summed E-state index contributed by atoms with van der Waals surface area (Å²) in [5.74, 6) is -3.80. The molecule has 166 valence electrons. The third kappa shape index (κ3) is 6.37. The molecule has 1 amide bonds. The maximum absolute atomic E-state index is 13.0. The number of amides is 1. The van der Waals surface area contributed by atoms with Gasteiger partial charge in [-0.25, -0.2) is 9.59 Å². The van der Waals surface area contributed by atoms with Crippen LogP contribution < -0.4 is 0 Å². The van der Waals surface area contributed by atoms with Gasteiger partial charge in [0.25, 0.3) is 5.78 Å². The largest absolute Gasteiger partial charge is 0.460 e. The van der Waals surface area contributed by atoms with Crippen molar-refractivity contribution in [3.8, 4) is 0 Å². The average Bonchev–Trinajstić information content (AvgIpc) is 2.86. The molecule has 0 spiro atoms. The van der Waals surface area contributed by atoms with Crippen molar-refractivity contribution >= 4 is 31.9 Å². The summed E-state index contributed by atoms with van der Waals surface area (Å²) in [6.45, 7) is 16.7. The van der Waals surface area contributed by atoms with Crippen molar-refractivity contribution in [2.75, 3.05) is 19.8 Å². The van der Waals surface area contributed by atoms with Crippen LogP contribution in [0.15, 0.2) is 0 Å². The maximum atomic E-state index is 13.0. The minimum Gasteiger partial charge on any atom is -0.460 e. The predicted molar refractivity (Wildman–Crippen MR) is 110 cm³/mol. The summed E-state index contributed by atoms with van der Waals surface area (Å²) in [5.41, 5.74) is -0.770. The van der Waals surface area contributed by atoms with Crippen LogP contribution in [0.4, 0.5) is 4.79 Å². The molecule has 1 aliphatic heterocycles. The molecule has 0 aromatic heterocycles. The molecule has 0 aliphatic carbocycles. The molecule has 1 fully saturated rings. The molecule has 0 aromatic rings. The van der Waals surface area contributed by atoms with E-state index in [0.29, 0.717) is 0 Å². The van der Waals surface area contributed by atoms with Gasteiger partial charge in [0.05, 0.1) is 13.2 Å². The molecule has 9 heteroatoms. The van der Waals surface area contributed by atoms with E-state index in [1.54, 1.807) is 27.7 Å². The van der Waals surface area contributed by atoms with Crippen LogP contribution in [0, 0.1) is 5.92 Å². The summed E-state index contributed by atoms with van der Waals surface area (Å²) in [4.78, 5) is 51.1. The van der Waals surface area contributed by atoms with Crippen molar-refractivity contribution in [3.05, 3.63) is 0 Å². The summed E-state index contributed by atoms with van der Waals surface area (Å²) < 4.78 is 16.3. The first-order chi connectivity index (χ1) is 13.0. The zero-order valence-corrected chi connectivity index (χ0v) is 20.1. The van der Waals surface area contributed by atoms with Crippen LogP contribution in [0.3, 0.4) is 0 Å². The predicted octanol–water partition coefficient (Wildman–Crippen LogP) is 2.95. The molecule has 1 saturated heterocycles. The second-order valence-corrected chi connectivity index (χ2v) is 14.6. The second-order valence-electron chi connectivity index (χ2n) is 9.76. The number of hydrogen-bond acceptors (Lipinski definition) is 7. The zero-order valence-electron chi connectivity index (χ0n) is 19.1. The summed E-state index contributed by atoms with van der Waals surface area (Å²) in [6.07, 6.45) is -0.714. The summed E-state index contributed by atoms with van der Waals surface area (Å²) >= 11 is 0. The molecular formula is C20H35NO7Si. The smallest absolute Gasteiger partial charge is 0.411 e. The van der Waals surface area contributed by atoms with Crippen LogP contribution in [0.25, 0.3) is 0 Å². The lowest BCUT2D eigenvalue weighted by atomic mass is 9.99. The third-order valence-corrected chi connectivity index (χ3v) is 9.76. The Morgan fingerprint density at radius 2 is 1.66 bits per heavy atom. The minimum absolute atomic E-state index is 0.0270.